The first kappa shape index (κ1) is 21.1. The predicted octanol–water partition coefficient (Wildman–Crippen LogP) is 3.15. The molecular formula is C19H27N3O4S. The van der Waals surface area contributed by atoms with Gasteiger partial charge in [0, 0.05) is 31.0 Å². The fourth-order valence-electron chi connectivity index (χ4n) is 2.44. The van der Waals surface area contributed by atoms with Gasteiger partial charge in [-0.25, -0.2) is 18.1 Å². The fourth-order valence-corrected chi connectivity index (χ4v) is 3.51. The van der Waals surface area contributed by atoms with Gasteiger partial charge in [0.15, 0.2) is 5.89 Å². The lowest BCUT2D eigenvalue weighted by molar-refractivity contribution is -0.114. The highest BCUT2D eigenvalue weighted by molar-refractivity contribution is 7.89. The van der Waals surface area contributed by atoms with Gasteiger partial charge in [-0.2, -0.15) is 0 Å². The third-order valence-electron chi connectivity index (χ3n) is 3.89. The van der Waals surface area contributed by atoms with Gasteiger partial charge < -0.3 is 9.73 Å². The van der Waals surface area contributed by atoms with E-state index in [1.54, 1.807) is 12.1 Å². The van der Waals surface area contributed by atoms with Gasteiger partial charge in [-0.15, -0.1) is 0 Å². The molecule has 0 radical (unpaired) electrons. The van der Waals surface area contributed by atoms with Crippen LogP contribution in [0.15, 0.2) is 33.6 Å². The normalized spacial score (nSPS) is 12.2. The number of nitrogens with one attached hydrogen (secondary N) is 2. The summed E-state index contributed by atoms with van der Waals surface area (Å²) in [6.07, 6.45) is 1.21. The zero-order valence-electron chi connectivity index (χ0n) is 16.4. The summed E-state index contributed by atoms with van der Waals surface area (Å²) in [6.45, 7) is 9.69. The number of aromatic nitrogens is 1. The molecule has 2 N–H and O–H groups in total. The minimum Gasteiger partial charge on any atom is -0.445 e. The van der Waals surface area contributed by atoms with E-state index in [1.165, 1.54) is 19.1 Å². The SMILES string of the molecule is CC(=O)Nc1ccc(S(=O)(=O)NCCCc2oc(C(C)(C)C)nc2C)cc1. The highest BCUT2D eigenvalue weighted by Crippen LogP contribution is 2.24. The average molecular weight is 394 g/mol. The van der Waals surface area contributed by atoms with Crippen molar-refractivity contribution in [1.29, 1.82) is 0 Å². The van der Waals surface area contributed by atoms with E-state index in [0.717, 1.165) is 11.5 Å². The number of sulfonamides is 1. The van der Waals surface area contributed by atoms with E-state index in [-0.39, 0.29) is 16.2 Å². The van der Waals surface area contributed by atoms with Crippen LogP contribution >= 0.6 is 0 Å². The quantitative estimate of drug-likeness (QED) is 0.704. The van der Waals surface area contributed by atoms with Gasteiger partial charge in [0.05, 0.1) is 10.6 Å². The highest BCUT2D eigenvalue weighted by atomic mass is 32.2. The van der Waals surface area contributed by atoms with Gasteiger partial charge in [0.1, 0.15) is 5.76 Å². The number of oxazole rings is 1. The Morgan fingerprint density at radius 3 is 2.33 bits per heavy atom. The largest absolute Gasteiger partial charge is 0.445 e. The standard InChI is InChI=1S/C19H27N3O4S/c1-13-17(26-18(21-13)19(3,4)5)7-6-12-20-27(24,25)16-10-8-15(9-11-16)22-14(2)23/h8-11,20H,6-7,12H2,1-5H3,(H,22,23). The Balaban J connectivity index is 1.91. The van der Waals surface area contributed by atoms with Crippen LogP contribution in [-0.4, -0.2) is 25.9 Å². The van der Waals surface area contributed by atoms with Crippen molar-refractivity contribution < 1.29 is 17.6 Å². The van der Waals surface area contributed by atoms with Crippen molar-refractivity contribution in [3.63, 3.8) is 0 Å². The average Bonchev–Trinajstić information content (AvgIpc) is 2.93. The molecule has 8 heteroatoms. The fraction of sp³-hybridized carbons (Fsp3) is 0.474. The molecule has 2 aromatic rings. The van der Waals surface area contributed by atoms with Crippen LogP contribution in [0.5, 0.6) is 0 Å². The molecule has 0 aliphatic heterocycles. The molecule has 1 aromatic heterocycles. The van der Waals surface area contributed by atoms with Gasteiger partial charge in [0.25, 0.3) is 0 Å². The van der Waals surface area contributed by atoms with Crippen molar-refractivity contribution in [2.75, 3.05) is 11.9 Å². The second-order valence-electron chi connectivity index (χ2n) is 7.48. The molecule has 27 heavy (non-hydrogen) atoms. The van der Waals surface area contributed by atoms with E-state index in [2.05, 4.69) is 15.0 Å². The minimum absolute atomic E-state index is 0.155. The molecule has 0 fully saturated rings. The van der Waals surface area contributed by atoms with Crippen LogP contribution < -0.4 is 10.0 Å². The molecule has 0 unspecified atom stereocenters. The maximum absolute atomic E-state index is 12.3. The number of aryl methyl sites for hydroxylation is 2. The molecule has 1 aromatic carbocycles. The molecule has 0 spiro atoms. The summed E-state index contributed by atoms with van der Waals surface area (Å²) in [7, 11) is -3.60. The smallest absolute Gasteiger partial charge is 0.240 e. The first-order valence-corrected chi connectivity index (χ1v) is 10.3. The van der Waals surface area contributed by atoms with Crippen molar-refractivity contribution in [3.8, 4) is 0 Å². The molecule has 7 nitrogen and oxygen atoms in total. The molecule has 0 atom stereocenters. The van der Waals surface area contributed by atoms with E-state index in [0.29, 0.717) is 31.0 Å². The number of benzene rings is 1. The summed E-state index contributed by atoms with van der Waals surface area (Å²) in [5, 5.41) is 2.60. The Kier molecular flexibility index (Phi) is 6.43. The molecule has 0 aliphatic carbocycles. The van der Waals surface area contributed by atoms with Crippen molar-refractivity contribution >= 4 is 21.6 Å². The summed E-state index contributed by atoms with van der Waals surface area (Å²) in [5.41, 5.74) is 1.24. The zero-order valence-corrected chi connectivity index (χ0v) is 17.2. The maximum atomic E-state index is 12.3. The second kappa shape index (κ2) is 8.22. The van der Waals surface area contributed by atoms with E-state index >= 15 is 0 Å². The number of rotatable bonds is 7. The predicted molar refractivity (Wildman–Crippen MR) is 104 cm³/mol. The Bertz CT molecular complexity index is 894. The van der Waals surface area contributed by atoms with Crippen LogP contribution in [0.25, 0.3) is 0 Å². The van der Waals surface area contributed by atoms with Crippen LogP contribution in [0, 0.1) is 6.92 Å². The minimum atomic E-state index is -3.60. The van der Waals surface area contributed by atoms with Gasteiger partial charge in [0.2, 0.25) is 15.9 Å². The Labute approximate surface area is 160 Å². The number of nitrogens with zero attached hydrogens (tertiary/aromatic N) is 1. The molecular weight excluding hydrogens is 366 g/mol. The van der Waals surface area contributed by atoms with E-state index in [1.807, 2.05) is 27.7 Å². The van der Waals surface area contributed by atoms with E-state index in [9.17, 15) is 13.2 Å². The third-order valence-corrected chi connectivity index (χ3v) is 5.37. The van der Waals surface area contributed by atoms with Crippen molar-refractivity contribution in [3.05, 3.63) is 41.6 Å². The van der Waals surface area contributed by atoms with Gasteiger partial charge in [-0.1, -0.05) is 20.8 Å². The molecule has 1 heterocycles. The van der Waals surface area contributed by atoms with Crippen LogP contribution in [0.4, 0.5) is 5.69 Å². The van der Waals surface area contributed by atoms with Crippen molar-refractivity contribution in [1.82, 2.24) is 9.71 Å². The number of anilines is 1. The summed E-state index contributed by atoms with van der Waals surface area (Å²) in [6, 6.07) is 6.04. The summed E-state index contributed by atoms with van der Waals surface area (Å²) >= 11 is 0. The lowest BCUT2D eigenvalue weighted by Gasteiger charge is -2.12. The molecule has 0 saturated heterocycles. The number of carbonyl (C=O) groups is 1. The zero-order chi connectivity index (χ0) is 20.2. The lowest BCUT2D eigenvalue weighted by atomic mass is 9.97. The molecule has 0 aliphatic rings. The van der Waals surface area contributed by atoms with Gasteiger partial charge >= 0.3 is 0 Å². The summed E-state index contributed by atoms with van der Waals surface area (Å²) < 4.78 is 33.1. The van der Waals surface area contributed by atoms with Crippen LogP contribution in [-0.2, 0) is 26.7 Å². The Morgan fingerprint density at radius 2 is 1.81 bits per heavy atom. The van der Waals surface area contributed by atoms with Gasteiger partial charge in [-0.05, 0) is 37.6 Å². The summed E-state index contributed by atoms with van der Waals surface area (Å²) in [5.74, 6) is 1.27. The van der Waals surface area contributed by atoms with E-state index in [4.69, 9.17) is 4.42 Å². The Morgan fingerprint density at radius 1 is 1.19 bits per heavy atom. The Hall–Kier alpha value is -2.19. The van der Waals surface area contributed by atoms with Crippen LogP contribution in [0.1, 0.15) is 51.5 Å². The molecule has 1 amide bonds. The first-order valence-electron chi connectivity index (χ1n) is 8.83. The number of hydrogen-bond acceptors (Lipinski definition) is 5. The third kappa shape index (κ3) is 5.90. The van der Waals surface area contributed by atoms with Gasteiger partial charge in [-0.3, -0.25) is 4.79 Å². The maximum Gasteiger partial charge on any atom is 0.240 e. The molecule has 148 valence electrons. The summed E-state index contributed by atoms with van der Waals surface area (Å²) in [4.78, 5) is 15.6. The molecule has 0 bridgehead atoms. The highest BCUT2D eigenvalue weighted by Gasteiger charge is 2.22. The van der Waals surface area contributed by atoms with Crippen LogP contribution in [0.3, 0.4) is 0 Å². The monoisotopic (exact) mass is 393 g/mol. The van der Waals surface area contributed by atoms with E-state index < -0.39 is 10.0 Å². The molecule has 0 saturated carbocycles. The van der Waals surface area contributed by atoms with Crippen LogP contribution in [0.2, 0.25) is 0 Å². The topological polar surface area (TPSA) is 101 Å². The van der Waals surface area contributed by atoms with Crippen molar-refractivity contribution in [2.24, 2.45) is 0 Å². The number of amides is 1. The second-order valence-corrected chi connectivity index (χ2v) is 9.25. The first-order chi connectivity index (χ1) is 12.5. The molecule has 2 rings (SSSR count). The van der Waals surface area contributed by atoms with Crippen molar-refractivity contribution in [2.45, 2.75) is 57.8 Å². The number of hydrogen-bond donors (Lipinski definition) is 2. The lowest BCUT2D eigenvalue weighted by Crippen LogP contribution is -2.25. The number of carbonyl (C=O) groups excluding carboxylic acids is 1.